The van der Waals surface area contributed by atoms with Crippen LogP contribution in [-0.2, 0) is 13.1 Å². The van der Waals surface area contributed by atoms with Gasteiger partial charge in [-0.05, 0) is 47.0 Å². The molecule has 3 aromatic carbocycles. The third kappa shape index (κ3) is 3.89. The topological polar surface area (TPSA) is 87.4 Å². The summed E-state index contributed by atoms with van der Waals surface area (Å²) < 4.78 is 33.5. The number of phenolic OH excluding ortho intramolecular Hbond substituents is 1. The van der Waals surface area contributed by atoms with Gasteiger partial charge in [0.05, 0.1) is 17.8 Å². The molecule has 38 heavy (non-hydrogen) atoms. The summed E-state index contributed by atoms with van der Waals surface area (Å²) in [6.45, 7) is 1.55. The molecule has 0 aliphatic carbocycles. The highest BCUT2D eigenvalue weighted by molar-refractivity contribution is 6.01. The monoisotopic (exact) mass is 514 g/mol. The molecule has 192 valence electrons. The van der Waals surface area contributed by atoms with Gasteiger partial charge in [-0.3, -0.25) is 9.48 Å². The van der Waals surface area contributed by atoms with Crippen molar-refractivity contribution in [1.29, 1.82) is 0 Å². The predicted molar refractivity (Wildman–Crippen MR) is 140 cm³/mol. The van der Waals surface area contributed by atoms with Crippen molar-refractivity contribution in [2.45, 2.75) is 19.5 Å². The Morgan fingerprint density at radius 2 is 1.84 bits per heavy atom. The number of phenols is 1. The fourth-order valence-corrected chi connectivity index (χ4v) is 5.09. The number of hydrogen-bond donors (Lipinski definition) is 1. The third-order valence-corrected chi connectivity index (χ3v) is 6.86. The normalized spacial score (nSPS) is 13.5. The first-order valence-electron chi connectivity index (χ1n) is 12.2. The number of halogens is 2. The molecular weight excluding hydrogens is 490 g/mol. The summed E-state index contributed by atoms with van der Waals surface area (Å²) >= 11 is 0. The van der Waals surface area contributed by atoms with Crippen LogP contribution in [0.4, 0.5) is 14.6 Å². The Balaban J connectivity index is 1.46. The molecule has 0 saturated heterocycles. The van der Waals surface area contributed by atoms with Crippen LogP contribution in [-0.4, -0.2) is 56.3 Å². The molecule has 8 nitrogen and oxygen atoms in total. The molecule has 5 aromatic rings. The molecule has 0 saturated carbocycles. The highest BCUT2D eigenvalue weighted by Gasteiger charge is 2.25. The maximum absolute atomic E-state index is 16.0. The molecule has 10 heteroatoms. The molecule has 1 aliphatic rings. The van der Waals surface area contributed by atoms with Crippen LogP contribution in [0.5, 0.6) is 5.75 Å². The van der Waals surface area contributed by atoms with Gasteiger partial charge in [0.25, 0.3) is 5.91 Å². The van der Waals surface area contributed by atoms with E-state index in [2.05, 4.69) is 15.1 Å². The highest BCUT2D eigenvalue weighted by atomic mass is 19.1. The van der Waals surface area contributed by atoms with Crippen molar-refractivity contribution in [1.82, 2.24) is 24.6 Å². The number of fused-ring (bicyclic) bond motifs is 3. The van der Waals surface area contributed by atoms with E-state index in [0.29, 0.717) is 48.3 Å². The van der Waals surface area contributed by atoms with Gasteiger partial charge in [0.2, 0.25) is 0 Å². The van der Waals surface area contributed by atoms with Crippen molar-refractivity contribution in [3.63, 3.8) is 0 Å². The standard InChI is InChI=1S/C28H24F2N6O2/c1-34(2)28(38)23-11-17-14-35(8-5-9-36(17)33-23)27-21-13-22(29)24(25(30)26(21)31-15-32-27)20-12-18(37)10-16-6-3-4-7-19(16)20/h3-4,6-7,10-13,15,37H,5,8-9,14H2,1-2H3. The molecule has 0 bridgehead atoms. The number of rotatable bonds is 3. The van der Waals surface area contributed by atoms with Gasteiger partial charge in [-0.2, -0.15) is 5.10 Å². The Morgan fingerprint density at radius 1 is 1.03 bits per heavy atom. The van der Waals surface area contributed by atoms with E-state index in [0.717, 1.165) is 5.69 Å². The minimum Gasteiger partial charge on any atom is -0.508 e. The number of hydrogen-bond acceptors (Lipinski definition) is 6. The lowest BCUT2D eigenvalue weighted by Crippen LogP contribution is -2.24. The molecule has 3 heterocycles. The number of nitrogens with zero attached hydrogens (tertiary/aromatic N) is 6. The first-order chi connectivity index (χ1) is 18.3. The lowest BCUT2D eigenvalue weighted by Gasteiger charge is -2.23. The minimum absolute atomic E-state index is 0.0138. The van der Waals surface area contributed by atoms with Gasteiger partial charge >= 0.3 is 0 Å². The molecule has 1 N–H and O–H groups in total. The number of aromatic nitrogens is 4. The predicted octanol–water partition coefficient (Wildman–Crippen LogP) is 4.74. The van der Waals surface area contributed by atoms with Crippen LogP contribution in [0.1, 0.15) is 22.6 Å². The number of aryl methyl sites for hydroxylation is 1. The van der Waals surface area contributed by atoms with Gasteiger partial charge in [-0.15, -0.1) is 0 Å². The van der Waals surface area contributed by atoms with E-state index in [1.807, 2.05) is 4.90 Å². The molecule has 0 fully saturated rings. The van der Waals surface area contributed by atoms with E-state index in [1.54, 1.807) is 55.2 Å². The quantitative estimate of drug-likeness (QED) is 0.374. The van der Waals surface area contributed by atoms with Crippen LogP contribution in [0.25, 0.3) is 32.8 Å². The average molecular weight is 515 g/mol. The second kappa shape index (κ2) is 9.05. The van der Waals surface area contributed by atoms with E-state index >= 15 is 8.78 Å². The number of carbonyl (C=O) groups is 1. The van der Waals surface area contributed by atoms with Crippen LogP contribution in [0.15, 0.2) is 54.9 Å². The number of anilines is 1. The lowest BCUT2D eigenvalue weighted by molar-refractivity contribution is 0.0821. The van der Waals surface area contributed by atoms with Crippen LogP contribution in [0.2, 0.25) is 0 Å². The molecular formula is C28H24F2N6O2. The number of amides is 1. The zero-order valence-electron chi connectivity index (χ0n) is 20.8. The van der Waals surface area contributed by atoms with Crippen LogP contribution in [0, 0.1) is 11.6 Å². The molecule has 0 unspecified atom stereocenters. The maximum atomic E-state index is 16.0. The van der Waals surface area contributed by atoms with E-state index in [-0.39, 0.29) is 33.7 Å². The van der Waals surface area contributed by atoms with E-state index in [9.17, 15) is 9.90 Å². The third-order valence-electron chi connectivity index (χ3n) is 6.86. The van der Waals surface area contributed by atoms with Gasteiger partial charge in [0.1, 0.15) is 29.2 Å². The summed E-state index contributed by atoms with van der Waals surface area (Å²) in [4.78, 5) is 24.4. The summed E-state index contributed by atoms with van der Waals surface area (Å²) in [5.74, 6) is -1.48. The largest absolute Gasteiger partial charge is 0.508 e. The molecule has 6 rings (SSSR count). The van der Waals surface area contributed by atoms with Crippen molar-refractivity contribution in [2.24, 2.45) is 0 Å². The number of carbonyl (C=O) groups excluding carboxylic acids is 1. The lowest BCUT2D eigenvalue weighted by atomic mass is 9.95. The second-order valence-corrected chi connectivity index (χ2v) is 9.57. The Hall–Kier alpha value is -4.60. The number of aromatic hydroxyl groups is 1. The Morgan fingerprint density at radius 3 is 2.66 bits per heavy atom. The molecule has 1 aliphatic heterocycles. The maximum Gasteiger partial charge on any atom is 0.273 e. The van der Waals surface area contributed by atoms with Gasteiger partial charge in [-0.25, -0.2) is 18.7 Å². The Labute approximate surface area is 216 Å². The van der Waals surface area contributed by atoms with Crippen molar-refractivity contribution in [3.8, 4) is 16.9 Å². The second-order valence-electron chi connectivity index (χ2n) is 9.57. The van der Waals surface area contributed by atoms with Gasteiger partial charge in [-0.1, -0.05) is 24.3 Å². The summed E-state index contributed by atoms with van der Waals surface area (Å²) in [5.41, 5.74) is 1.13. The Bertz CT molecular complexity index is 1730. The van der Waals surface area contributed by atoms with Crippen molar-refractivity contribution < 1.29 is 18.7 Å². The van der Waals surface area contributed by atoms with Crippen molar-refractivity contribution >= 4 is 33.4 Å². The minimum atomic E-state index is -0.821. The van der Waals surface area contributed by atoms with Crippen molar-refractivity contribution in [2.75, 3.05) is 25.5 Å². The SMILES string of the molecule is CN(C)C(=O)c1cc2n(n1)CCCN(c1ncnc3c(F)c(-c4cc(O)cc5ccccc45)c(F)cc13)C2. The highest BCUT2D eigenvalue weighted by Crippen LogP contribution is 2.39. The Kier molecular flexibility index (Phi) is 5.67. The molecule has 0 atom stereocenters. The smallest absolute Gasteiger partial charge is 0.273 e. The molecule has 0 spiro atoms. The fraction of sp³-hybridized carbons (Fsp3) is 0.214. The van der Waals surface area contributed by atoms with Gasteiger partial charge < -0.3 is 14.9 Å². The molecule has 2 aromatic heterocycles. The van der Waals surface area contributed by atoms with Gasteiger partial charge in [0, 0.05) is 32.6 Å². The first kappa shape index (κ1) is 23.8. The van der Waals surface area contributed by atoms with Crippen LogP contribution < -0.4 is 4.90 Å². The average Bonchev–Trinajstić information content (AvgIpc) is 3.19. The summed E-state index contributed by atoms with van der Waals surface area (Å²) in [6.07, 6.45) is 1.97. The fourth-order valence-electron chi connectivity index (χ4n) is 5.09. The van der Waals surface area contributed by atoms with Gasteiger partial charge in [0.15, 0.2) is 11.5 Å². The van der Waals surface area contributed by atoms with E-state index < -0.39 is 11.6 Å². The summed E-state index contributed by atoms with van der Waals surface area (Å²) in [5, 5.41) is 16.2. The van der Waals surface area contributed by atoms with E-state index in [4.69, 9.17) is 0 Å². The summed E-state index contributed by atoms with van der Waals surface area (Å²) in [7, 11) is 3.34. The van der Waals surface area contributed by atoms with Crippen molar-refractivity contribution in [3.05, 3.63) is 77.9 Å². The summed E-state index contributed by atoms with van der Waals surface area (Å²) in [6, 6.07) is 13.0. The zero-order chi connectivity index (χ0) is 26.6. The zero-order valence-corrected chi connectivity index (χ0v) is 20.8. The van der Waals surface area contributed by atoms with Crippen LogP contribution in [0.3, 0.4) is 0 Å². The molecule has 0 radical (unpaired) electrons. The van der Waals surface area contributed by atoms with E-state index in [1.165, 1.54) is 23.4 Å². The van der Waals surface area contributed by atoms with Crippen LogP contribution >= 0.6 is 0 Å². The first-order valence-corrected chi connectivity index (χ1v) is 12.2. The molecule has 1 amide bonds. The number of benzene rings is 3.